The molecule has 176 valence electrons. The molecule has 0 aliphatic rings. The monoisotopic (exact) mass is 464 g/mol. The Balaban J connectivity index is 1.86. The van der Waals surface area contributed by atoms with Crippen LogP contribution >= 0.6 is 0 Å². The first-order valence-corrected chi connectivity index (χ1v) is 10.2. The predicted molar refractivity (Wildman–Crippen MR) is 116 cm³/mol. The summed E-state index contributed by atoms with van der Waals surface area (Å²) in [4.78, 5) is 37.9. The summed E-state index contributed by atoms with van der Waals surface area (Å²) in [7, 11) is 0. The Morgan fingerprint density at radius 3 is 2.55 bits per heavy atom. The molecule has 0 aliphatic heterocycles. The lowest BCUT2D eigenvalue weighted by Gasteiger charge is -2.15. The van der Waals surface area contributed by atoms with Crippen LogP contribution in [0.1, 0.15) is 41.8 Å². The molecule has 0 spiro atoms. The smallest absolute Gasteiger partial charge is 0.383 e. The SMILES string of the molecule is CCCn1c(=O)c(NC(=O)c2cnn(Cc3cccc(C(F)(F)F)c3)c2)c(N)n(CC)c1=O. The zero-order valence-electron chi connectivity index (χ0n) is 18.0. The van der Waals surface area contributed by atoms with E-state index in [4.69, 9.17) is 5.73 Å². The van der Waals surface area contributed by atoms with Crippen molar-refractivity contribution in [1.29, 1.82) is 0 Å². The summed E-state index contributed by atoms with van der Waals surface area (Å²) in [6, 6.07) is 4.78. The number of aromatic nitrogens is 4. The fourth-order valence-electron chi connectivity index (χ4n) is 3.35. The van der Waals surface area contributed by atoms with Gasteiger partial charge in [0.15, 0.2) is 0 Å². The van der Waals surface area contributed by atoms with Gasteiger partial charge in [0.25, 0.3) is 11.5 Å². The molecule has 12 heteroatoms. The van der Waals surface area contributed by atoms with Gasteiger partial charge in [-0.05, 0) is 31.0 Å². The molecule has 2 heterocycles. The minimum absolute atomic E-state index is 0.00333. The Hall–Kier alpha value is -3.83. The van der Waals surface area contributed by atoms with E-state index < -0.39 is 28.9 Å². The van der Waals surface area contributed by atoms with Crippen LogP contribution in [0.25, 0.3) is 0 Å². The molecular weight excluding hydrogens is 441 g/mol. The highest BCUT2D eigenvalue weighted by Gasteiger charge is 2.30. The van der Waals surface area contributed by atoms with Gasteiger partial charge in [-0.2, -0.15) is 18.3 Å². The third-order valence-corrected chi connectivity index (χ3v) is 4.96. The van der Waals surface area contributed by atoms with Crippen molar-refractivity contribution in [1.82, 2.24) is 18.9 Å². The molecule has 0 fully saturated rings. The zero-order valence-corrected chi connectivity index (χ0v) is 18.0. The fourth-order valence-corrected chi connectivity index (χ4v) is 3.35. The van der Waals surface area contributed by atoms with Crippen LogP contribution in [0, 0.1) is 0 Å². The van der Waals surface area contributed by atoms with Gasteiger partial charge >= 0.3 is 11.9 Å². The first-order valence-electron chi connectivity index (χ1n) is 10.2. The average molecular weight is 464 g/mol. The number of hydrogen-bond acceptors (Lipinski definition) is 5. The second-order valence-electron chi connectivity index (χ2n) is 7.32. The first-order chi connectivity index (χ1) is 15.6. The number of nitrogens with zero attached hydrogens (tertiary/aromatic N) is 4. The maximum Gasteiger partial charge on any atom is 0.416 e. The molecule has 0 saturated carbocycles. The highest BCUT2D eigenvalue weighted by Crippen LogP contribution is 2.29. The van der Waals surface area contributed by atoms with Gasteiger partial charge in [0, 0.05) is 19.3 Å². The Kier molecular flexibility index (Phi) is 6.75. The van der Waals surface area contributed by atoms with Crippen LogP contribution in [0.4, 0.5) is 24.7 Å². The molecule has 2 aromatic heterocycles. The Labute approximate surface area is 186 Å². The molecule has 0 bridgehead atoms. The molecule has 1 amide bonds. The van der Waals surface area contributed by atoms with Crippen molar-refractivity contribution < 1.29 is 18.0 Å². The van der Waals surface area contributed by atoms with E-state index in [9.17, 15) is 27.6 Å². The minimum atomic E-state index is -4.47. The molecule has 9 nitrogen and oxygen atoms in total. The maximum atomic E-state index is 12.9. The second-order valence-corrected chi connectivity index (χ2v) is 7.32. The molecule has 0 unspecified atom stereocenters. The standard InChI is InChI=1S/C21H23F3N6O3/c1-3-8-30-19(32)16(17(25)29(4-2)20(30)33)27-18(31)14-10-26-28(12-14)11-13-6-5-7-15(9-13)21(22,23)24/h5-7,9-10,12H,3-4,8,11,25H2,1-2H3,(H,27,31). The van der Waals surface area contributed by atoms with Gasteiger partial charge in [-0.3, -0.25) is 23.4 Å². The van der Waals surface area contributed by atoms with Crippen molar-refractivity contribution in [2.75, 3.05) is 11.1 Å². The molecule has 0 aliphatic carbocycles. The number of nitrogen functional groups attached to an aromatic ring is 1. The number of halogens is 3. The summed E-state index contributed by atoms with van der Waals surface area (Å²) in [5.74, 6) is -0.858. The van der Waals surface area contributed by atoms with E-state index in [1.54, 1.807) is 13.8 Å². The van der Waals surface area contributed by atoms with Crippen LogP contribution in [0.3, 0.4) is 0 Å². The van der Waals surface area contributed by atoms with Crippen molar-refractivity contribution in [2.45, 2.75) is 46.1 Å². The lowest BCUT2D eigenvalue weighted by Crippen LogP contribution is -2.42. The number of nitrogens with one attached hydrogen (secondary N) is 1. The summed E-state index contributed by atoms with van der Waals surface area (Å²) in [5.41, 5.74) is 4.10. The van der Waals surface area contributed by atoms with Crippen molar-refractivity contribution in [3.8, 4) is 0 Å². The molecule has 1 aromatic carbocycles. The maximum absolute atomic E-state index is 12.9. The van der Waals surface area contributed by atoms with E-state index in [0.717, 1.165) is 16.7 Å². The first kappa shape index (κ1) is 23.8. The topological polar surface area (TPSA) is 117 Å². The molecule has 0 radical (unpaired) electrons. The van der Waals surface area contributed by atoms with Gasteiger partial charge in [0.05, 0.1) is 23.9 Å². The van der Waals surface area contributed by atoms with Crippen molar-refractivity contribution in [3.63, 3.8) is 0 Å². The Morgan fingerprint density at radius 1 is 1.18 bits per heavy atom. The summed E-state index contributed by atoms with van der Waals surface area (Å²) in [5, 5.41) is 6.45. The van der Waals surface area contributed by atoms with Crippen LogP contribution < -0.4 is 22.3 Å². The van der Waals surface area contributed by atoms with E-state index in [2.05, 4.69) is 10.4 Å². The van der Waals surface area contributed by atoms with E-state index >= 15 is 0 Å². The minimum Gasteiger partial charge on any atom is -0.383 e. The lowest BCUT2D eigenvalue weighted by molar-refractivity contribution is -0.137. The molecule has 3 N–H and O–H groups in total. The van der Waals surface area contributed by atoms with Gasteiger partial charge in [0.2, 0.25) is 0 Å². The number of anilines is 2. The van der Waals surface area contributed by atoms with Crippen molar-refractivity contribution >= 4 is 17.4 Å². The molecule has 0 saturated heterocycles. The summed E-state index contributed by atoms with van der Waals surface area (Å²) in [6.45, 7) is 3.85. The molecule has 3 aromatic rings. The second kappa shape index (κ2) is 9.35. The Bertz CT molecular complexity index is 1290. The quantitative estimate of drug-likeness (QED) is 0.557. The number of carbonyl (C=O) groups excluding carboxylic acids is 1. The fraction of sp³-hybridized carbons (Fsp3) is 0.333. The van der Waals surface area contributed by atoms with E-state index in [-0.39, 0.29) is 36.7 Å². The number of carbonyl (C=O) groups is 1. The molecular formula is C21H23F3N6O3. The zero-order chi connectivity index (χ0) is 24.3. The predicted octanol–water partition coefficient (Wildman–Crippen LogP) is 2.54. The Morgan fingerprint density at radius 2 is 1.91 bits per heavy atom. The van der Waals surface area contributed by atoms with Crippen LogP contribution in [-0.2, 0) is 25.8 Å². The normalized spacial score (nSPS) is 11.5. The number of alkyl halides is 3. The van der Waals surface area contributed by atoms with E-state index in [1.807, 2.05) is 0 Å². The third-order valence-electron chi connectivity index (χ3n) is 4.96. The number of hydrogen-bond donors (Lipinski definition) is 2. The van der Waals surface area contributed by atoms with Gasteiger partial charge < -0.3 is 11.1 Å². The van der Waals surface area contributed by atoms with Crippen LogP contribution in [0.2, 0.25) is 0 Å². The summed E-state index contributed by atoms with van der Waals surface area (Å²) in [6.07, 6.45) is -1.38. The molecule has 3 rings (SSSR count). The van der Waals surface area contributed by atoms with Gasteiger partial charge in [-0.15, -0.1) is 0 Å². The number of amides is 1. The number of nitrogens with two attached hydrogens (primary N) is 1. The van der Waals surface area contributed by atoms with Crippen LogP contribution in [0.15, 0.2) is 46.2 Å². The van der Waals surface area contributed by atoms with E-state index in [1.165, 1.54) is 33.8 Å². The van der Waals surface area contributed by atoms with Crippen LogP contribution in [-0.4, -0.2) is 24.8 Å². The highest BCUT2D eigenvalue weighted by atomic mass is 19.4. The average Bonchev–Trinajstić information content (AvgIpc) is 3.23. The number of rotatable bonds is 7. The van der Waals surface area contributed by atoms with Crippen LogP contribution in [0.5, 0.6) is 0 Å². The summed E-state index contributed by atoms with van der Waals surface area (Å²) >= 11 is 0. The van der Waals surface area contributed by atoms with Gasteiger partial charge in [-0.25, -0.2) is 4.79 Å². The highest BCUT2D eigenvalue weighted by molar-refractivity contribution is 6.05. The van der Waals surface area contributed by atoms with Gasteiger partial charge in [0.1, 0.15) is 11.5 Å². The molecule has 0 atom stereocenters. The van der Waals surface area contributed by atoms with Gasteiger partial charge in [-0.1, -0.05) is 19.1 Å². The largest absolute Gasteiger partial charge is 0.416 e. The lowest BCUT2D eigenvalue weighted by atomic mass is 10.1. The van der Waals surface area contributed by atoms with E-state index in [0.29, 0.717) is 12.0 Å². The molecule has 33 heavy (non-hydrogen) atoms. The number of benzene rings is 1. The summed E-state index contributed by atoms with van der Waals surface area (Å²) < 4.78 is 42.2. The van der Waals surface area contributed by atoms with Crippen molar-refractivity contribution in [2.24, 2.45) is 0 Å². The third kappa shape index (κ3) is 4.99. The van der Waals surface area contributed by atoms with Crippen molar-refractivity contribution in [3.05, 3.63) is 74.2 Å².